The zero-order valence-corrected chi connectivity index (χ0v) is 12.2. The highest BCUT2D eigenvalue weighted by atomic mass is 32.1. The van der Waals surface area contributed by atoms with Crippen molar-refractivity contribution in [3.8, 4) is 0 Å². The van der Waals surface area contributed by atoms with E-state index in [-0.39, 0.29) is 0 Å². The summed E-state index contributed by atoms with van der Waals surface area (Å²) in [6.45, 7) is 0.808. The Labute approximate surface area is 126 Å². The van der Waals surface area contributed by atoms with Crippen molar-refractivity contribution in [2.75, 3.05) is 0 Å². The summed E-state index contributed by atoms with van der Waals surface area (Å²) < 4.78 is 2.88. The molecule has 0 fully saturated rings. The molecule has 0 aliphatic heterocycles. The van der Waals surface area contributed by atoms with E-state index in [4.69, 9.17) is 12.2 Å². The van der Waals surface area contributed by atoms with Gasteiger partial charge in [-0.05, 0) is 36.5 Å². The van der Waals surface area contributed by atoms with E-state index < -0.39 is 0 Å². The van der Waals surface area contributed by atoms with Gasteiger partial charge in [0.1, 0.15) is 5.82 Å². The van der Waals surface area contributed by atoms with Gasteiger partial charge in [0, 0.05) is 13.0 Å². The molecule has 0 saturated heterocycles. The number of nitrogens with one attached hydrogen (secondary N) is 2. The van der Waals surface area contributed by atoms with E-state index in [0.29, 0.717) is 0 Å². The number of H-pyrrole nitrogens is 2. The molecule has 4 aromatic rings. The second kappa shape index (κ2) is 4.86. The second-order valence-electron chi connectivity index (χ2n) is 5.05. The number of fused-ring (bicyclic) bond motifs is 2. The van der Waals surface area contributed by atoms with Gasteiger partial charge in [-0.1, -0.05) is 24.3 Å². The third-order valence-corrected chi connectivity index (χ3v) is 4.01. The van der Waals surface area contributed by atoms with Crippen LogP contribution in [0.5, 0.6) is 0 Å². The molecular weight excluding hydrogens is 280 g/mol. The summed E-state index contributed by atoms with van der Waals surface area (Å²) in [6, 6.07) is 16.3. The maximum absolute atomic E-state index is 5.41. The fourth-order valence-electron chi connectivity index (χ4n) is 2.67. The minimum atomic E-state index is 0.757. The fraction of sp³-hybridized carbons (Fsp3) is 0.125. The number of aromatic nitrogens is 4. The third kappa shape index (κ3) is 2.15. The number of para-hydroxylation sites is 4. The zero-order chi connectivity index (χ0) is 14.2. The van der Waals surface area contributed by atoms with Gasteiger partial charge in [0.2, 0.25) is 0 Å². The fourth-order valence-corrected chi connectivity index (χ4v) is 2.97. The molecule has 0 atom stereocenters. The number of aromatic amines is 2. The van der Waals surface area contributed by atoms with E-state index in [1.165, 1.54) is 0 Å². The Balaban J connectivity index is 1.66. The van der Waals surface area contributed by atoms with Gasteiger partial charge in [-0.15, -0.1) is 0 Å². The first-order valence-corrected chi connectivity index (χ1v) is 7.33. The summed E-state index contributed by atoms with van der Waals surface area (Å²) >= 11 is 5.41. The molecule has 0 spiro atoms. The largest absolute Gasteiger partial charge is 0.342 e. The molecule has 2 aromatic carbocycles. The topological polar surface area (TPSA) is 49.4 Å². The van der Waals surface area contributed by atoms with Crippen LogP contribution < -0.4 is 0 Å². The number of benzene rings is 2. The number of hydrogen-bond acceptors (Lipinski definition) is 2. The molecule has 5 heteroatoms. The minimum absolute atomic E-state index is 0.757. The second-order valence-corrected chi connectivity index (χ2v) is 5.44. The van der Waals surface area contributed by atoms with Gasteiger partial charge in [-0.25, -0.2) is 4.98 Å². The normalized spacial score (nSPS) is 11.4. The minimum Gasteiger partial charge on any atom is -0.342 e. The van der Waals surface area contributed by atoms with E-state index in [9.17, 15) is 0 Å². The summed E-state index contributed by atoms with van der Waals surface area (Å²) in [6.07, 6.45) is 0.824. The van der Waals surface area contributed by atoms with Crippen LogP contribution in [0.3, 0.4) is 0 Å². The van der Waals surface area contributed by atoms with E-state index >= 15 is 0 Å². The number of nitrogens with zero attached hydrogens (tertiary/aromatic N) is 2. The smallest absolute Gasteiger partial charge is 0.178 e. The first-order valence-electron chi connectivity index (χ1n) is 6.92. The molecule has 0 unspecified atom stereocenters. The van der Waals surface area contributed by atoms with Gasteiger partial charge in [-0.3, -0.25) is 0 Å². The zero-order valence-electron chi connectivity index (χ0n) is 11.3. The van der Waals surface area contributed by atoms with Gasteiger partial charge in [-0.2, -0.15) is 0 Å². The molecule has 21 heavy (non-hydrogen) atoms. The quantitative estimate of drug-likeness (QED) is 0.564. The van der Waals surface area contributed by atoms with E-state index in [0.717, 1.165) is 45.6 Å². The maximum atomic E-state index is 5.41. The Morgan fingerprint density at radius 1 is 0.952 bits per heavy atom. The number of aryl methyl sites for hydroxylation is 2. The van der Waals surface area contributed by atoms with E-state index in [1.54, 1.807) is 0 Å². The first kappa shape index (κ1) is 12.3. The van der Waals surface area contributed by atoms with Crippen LogP contribution >= 0.6 is 12.2 Å². The first-order chi connectivity index (χ1) is 10.3. The molecule has 4 rings (SSSR count). The van der Waals surface area contributed by atoms with Crippen molar-refractivity contribution in [1.29, 1.82) is 0 Å². The predicted molar refractivity (Wildman–Crippen MR) is 86.9 cm³/mol. The Kier molecular flexibility index (Phi) is 2.86. The average Bonchev–Trinajstić information content (AvgIpc) is 3.04. The summed E-state index contributed by atoms with van der Waals surface area (Å²) in [7, 11) is 0. The molecule has 0 saturated carbocycles. The lowest BCUT2D eigenvalue weighted by Gasteiger charge is -2.02. The van der Waals surface area contributed by atoms with Gasteiger partial charge >= 0.3 is 0 Å². The Morgan fingerprint density at radius 3 is 2.57 bits per heavy atom. The molecule has 2 aromatic heterocycles. The molecule has 104 valence electrons. The predicted octanol–water partition coefficient (Wildman–Crippen LogP) is 3.82. The summed E-state index contributed by atoms with van der Waals surface area (Å²) in [4.78, 5) is 11.2. The number of rotatable bonds is 3. The maximum Gasteiger partial charge on any atom is 0.178 e. The molecular formula is C16H14N4S. The van der Waals surface area contributed by atoms with Crippen LogP contribution in [-0.4, -0.2) is 19.5 Å². The van der Waals surface area contributed by atoms with Crippen LogP contribution in [0.4, 0.5) is 0 Å². The average molecular weight is 294 g/mol. The number of hydrogen-bond donors (Lipinski definition) is 2. The van der Waals surface area contributed by atoms with Crippen LogP contribution in [0.15, 0.2) is 48.5 Å². The van der Waals surface area contributed by atoms with Crippen LogP contribution in [-0.2, 0) is 13.0 Å². The van der Waals surface area contributed by atoms with Crippen molar-refractivity contribution in [3.05, 3.63) is 59.1 Å². The van der Waals surface area contributed by atoms with Gasteiger partial charge < -0.3 is 14.5 Å². The van der Waals surface area contributed by atoms with Crippen molar-refractivity contribution < 1.29 is 0 Å². The standard InChI is InChI=1S/C16H14N4S/c21-16-19-13-7-3-4-8-14(13)20(16)10-9-15-17-11-5-1-2-6-12(11)18-15/h1-8H,9-10H2,(H,17,18)(H,19,21). The van der Waals surface area contributed by atoms with Crippen molar-refractivity contribution in [2.45, 2.75) is 13.0 Å². The van der Waals surface area contributed by atoms with Crippen LogP contribution in [0.25, 0.3) is 22.1 Å². The van der Waals surface area contributed by atoms with Gasteiger partial charge in [0.05, 0.1) is 22.1 Å². The van der Waals surface area contributed by atoms with Gasteiger partial charge in [0.25, 0.3) is 0 Å². The van der Waals surface area contributed by atoms with Crippen LogP contribution in [0.2, 0.25) is 0 Å². The van der Waals surface area contributed by atoms with Crippen LogP contribution in [0, 0.1) is 4.77 Å². The Bertz CT molecular complexity index is 943. The summed E-state index contributed by atoms with van der Waals surface area (Å²) in [5, 5.41) is 0. The lowest BCUT2D eigenvalue weighted by atomic mass is 10.3. The molecule has 2 N–H and O–H groups in total. The monoisotopic (exact) mass is 294 g/mol. The Morgan fingerprint density at radius 2 is 1.71 bits per heavy atom. The van der Waals surface area contributed by atoms with Crippen molar-refractivity contribution >= 4 is 34.3 Å². The lowest BCUT2D eigenvalue weighted by Crippen LogP contribution is -2.02. The number of imidazole rings is 2. The summed E-state index contributed by atoms with van der Waals surface area (Å²) in [5.41, 5.74) is 4.30. The SMILES string of the molecule is S=c1[nH]c2ccccc2n1CCc1nc2ccccc2[nH]1. The molecule has 4 nitrogen and oxygen atoms in total. The summed E-state index contributed by atoms with van der Waals surface area (Å²) in [5.74, 6) is 0.989. The molecule has 0 aliphatic rings. The molecule has 0 amide bonds. The molecule has 2 heterocycles. The third-order valence-electron chi connectivity index (χ3n) is 3.69. The van der Waals surface area contributed by atoms with E-state index in [2.05, 4.69) is 25.6 Å². The highest BCUT2D eigenvalue weighted by Crippen LogP contribution is 2.15. The molecule has 0 radical (unpaired) electrons. The van der Waals surface area contributed by atoms with Crippen LogP contribution in [0.1, 0.15) is 5.82 Å². The highest BCUT2D eigenvalue weighted by molar-refractivity contribution is 7.71. The Hall–Kier alpha value is -2.40. The highest BCUT2D eigenvalue weighted by Gasteiger charge is 2.06. The molecule has 0 aliphatic carbocycles. The van der Waals surface area contributed by atoms with Crippen molar-refractivity contribution in [3.63, 3.8) is 0 Å². The van der Waals surface area contributed by atoms with Crippen molar-refractivity contribution in [2.24, 2.45) is 0 Å². The lowest BCUT2D eigenvalue weighted by molar-refractivity contribution is 0.687. The van der Waals surface area contributed by atoms with E-state index in [1.807, 2.05) is 42.5 Å². The van der Waals surface area contributed by atoms with Crippen molar-refractivity contribution in [1.82, 2.24) is 19.5 Å². The van der Waals surface area contributed by atoms with Gasteiger partial charge in [0.15, 0.2) is 4.77 Å². The molecule has 0 bridgehead atoms.